The zero-order chi connectivity index (χ0) is 16.5. The van der Waals surface area contributed by atoms with E-state index in [1.807, 2.05) is 18.2 Å². The number of amides is 1. The third kappa shape index (κ3) is 2.91. The molecule has 1 amide bonds. The highest BCUT2D eigenvalue weighted by molar-refractivity contribution is 7.18. The molecule has 4 rings (SSSR count). The van der Waals surface area contributed by atoms with Gasteiger partial charge in [0.25, 0.3) is 0 Å². The van der Waals surface area contributed by atoms with Gasteiger partial charge in [-0.3, -0.25) is 4.79 Å². The first-order chi connectivity index (χ1) is 11.7. The molecule has 3 aromatic rings. The first-order valence-electron chi connectivity index (χ1n) is 8.22. The fourth-order valence-corrected chi connectivity index (χ4v) is 4.11. The van der Waals surface area contributed by atoms with E-state index >= 15 is 0 Å². The van der Waals surface area contributed by atoms with E-state index in [0.717, 1.165) is 34.8 Å². The number of aryl methyl sites for hydroxylation is 1. The van der Waals surface area contributed by atoms with Gasteiger partial charge in [0.05, 0.1) is 26.6 Å². The molecule has 1 aliphatic carbocycles. The van der Waals surface area contributed by atoms with Crippen molar-refractivity contribution >= 4 is 27.5 Å². The molecule has 2 N–H and O–H groups in total. The second-order valence-corrected chi connectivity index (χ2v) is 7.38. The van der Waals surface area contributed by atoms with Crippen molar-refractivity contribution in [2.24, 2.45) is 5.92 Å². The lowest BCUT2D eigenvalue weighted by atomic mass is 9.89. The van der Waals surface area contributed by atoms with Crippen LogP contribution in [-0.4, -0.2) is 32.8 Å². The van der Waals surface area contributed by atoms with Crippen LogP contribution in [0.25, 0.3) is 10.2 Å². The van der Waals surface area contributed by atoms with E-state index in [1.165, 1.54) is 4.70 Å². The van der Waals surface area contributed by atoms with E-state index in [2.05, 4.69) is 38.7 Å². The maximum Gasteiger partial charge on any atom is 0.223 e. The zero-order valence-electron chi connectivity index (χ0n) is 13.5. The molecule has 124 valence electrons. The molecule has 2 atom stereocenters. The number of fused-ring (bicyclic) bond motifs is 2. The molecule has 0 fully saturated rings. The number of nitrogens with zero attached hydrogens (tertiary/aromatic N) is 3. The minimum absolute atomic E-state index is 0.00910. The third-order valence-electron chi connectivity index (χ3n) is 4.56. The minimum atomic E-state index is -0.00910. The lowest BCUT2D eigenvalue weighted by molar-refractivity contribution is -0.125. The van der Waals surface area contributed by atoms with Crippen molar-refractivity contribution in [3.8, 4) is 0 Å². The number of aromatic nitrogens is 4. The van der Waals surface area contributed by atoms with Crippen molar-refractivity contribution in [2.45, 2.75) is 32.1 Å². The number of para-hydroxylation sites is 1. The Kier molecular flexibility index (Phi) is 4.02. The van der Waals surface area contributed by atoms with Gasteiger partial charge in [0.1, 0.15) is 0 Å². The SMILES string of the molecule is C[C@H](CNC(=O)[C@H]1CCc2n[nH]nc2C1)c1nc2ccccc2s1. The third-order valence-corrected chi connectivity index (χ3v) is 5.83. The maximum absolute atomic E-state index is 12.5. The van der Waals surface area contributed by atoms with Gasteiger partial charge in [-0.2, -0.15) is 15.4 Å². The summed E-state index contributed by atoms with van der Waals surface area (Å²) in [5, 5.41) is 15.0. The molecule has 7 heteroatoms. The van der Waals surface area contributed by atoms with Crippen LogP contribution in [0.15, 0.2) is 24.3 Å². The van der Waals surface area contributed by atoms with Gasteiger partial charge in [0.15, 0.2) is 0 Å². The van der Waals surface area contributed by atoms with Crippen LogP contribution >= 0.6 is 11.3 Å². The normalized spacial score (nSPS) is 18.3. The van der Waals surface area contributed by atoms with Crippen molar-refractivity contribution in [3.05, 3.63) is 40.7 Å². The average molecular weight is 341 g/mol. The van der Waals surface area contributed by atoms with E-state index in [1.54, 1.807) is 11.3 Å². The molecule has 2 aromatic heterocycles. The molecule has 0 saturated heterocycles. The fourth-order valence-electron chi connectivity index (χ4n) is 3.09. The van der Waals surface area contributed by atoms with Gasteiger partial charge in [0.2, 0.25) is 5.91 Å². The summed E-state index contributed by atoms with van der Waals surface area (Å²) in [6, 6.07) is 8.13. The highest BCUT2D eigenvalue weighted by atomic mass is 32.1. The summed E-state index contributed by atoms with van der Waals surface area (Å²) in [4.78, 5) is 17.1. The largest absolute Gasteiger partial charge is 0.355 e. The van der Waals surface area contributed by atoms with Gasteiger partial charge in [-0.15, -0.1) is 11.3 Å². The Morgan fingerprint density at radius 1 is 1.38 bits per heavy atom. The lowest BCUT2D eigenvalue weighted by Gasteiger charge is -2.20. The number of benzene rings is 1. The second-order valence-electron chi connectivity index (χ2n) is 6.32. The molecular weight excluding hydrogens is 322 g/mol. The van der Waals surface area contributed by atoms with Crippen molar-refractivity contribution in [2.75, 3.05) is 6.54 Å². The number of carbonyl (C=O) groups excluding carboxylic acids is 1. The van der Waals surface area contributed by atoms with Crippen LogP contribution in [0.3, 0.4) is 0 Å². The van der Waals surface area contributed by atoms with Crippen LogP contribution in [0.5, 0.6) is 0 Å². The molecule has 1 aromatic carbocycles. The van der Waals surface area contributed by atoms with E-state index in [9.17, 15) is 4.79 Å². The summed E-state index contributed by atoms with van der Waals surface area (Å²) in [6.45, 7) is 2.72. The molecule has 1 aliphatic rings. The van der Waals surface area contributed by atoms with Crippen LogP contribution in [0.4, 0.5) is 0 Å². The average Bonchev–Trinajstić information content (AvgIpc) is 3.24. The lowest BCUT2D eigenvalue weighted by Crippen LogP contribution is -2.36. The standard InChI is InChI=1S/C17H19N5OS/c1-10(17-19-13-4-2-3-5-15(13)24-17)9-18-16(23)11-6-7-12-14(8-11)21-22-20-12/h2-5,10-11H,6-9H2,1H3,(H,18,23)(H,20,21,22)/t10-,11+/m1/s1. The Labute approximate surface area is 143 Å². The Morgan fingerprint density at radius 3 is 3.08 bits per heavy atom. The number of hydrogen-bond acceptors (Lipinski definition) is 5. The number of rotatable bonds is 4. The Balaban J connectivity index is 1.37. The highest BCUT2D eigenvalue weighted by Gasteiger charge is 2.27. The molecule has 0 aliphatic heterocycles. The van der Waals surface area contributed by atoms with E-state index in [0.29, 0.717) is 13.0 Å². The van der Waals surface area contributed by atoms with Crippen LogP contribution < -0.4 is 5.32 Å². The minimum Gasteiger partial charge on any atom is -0.355 e. The van der Waals surface area contributed by atoms with Crippen LogP contribution in [0.2, 0.25) is 0 Å². The molecule has 24 heavy (non-hydrogen) atoms. The highest BCUT2D eigenvalue weighted by Crippen LogP contribution is 2.27. The quantitative estimate of drug-likeness (QED) is 0.763. The van der Waals surface area contributed by atoms with Crippen molar-refractivity contribution < 1.29 is 4.79 Å². The topological polar surface area (TPSA) is 83.6 Å². The molecule has 0 spiro atoms. The van der Waals surface area contributed by atoms with Crippen molar-refractivity contribution in [1.29, 1.82) is 0 Å². The zero-order valence-corrected chi connectivity index (χ0v) is 14.3. The number of carbonyl (C=O) groups is 1. The molecule has 0 unspecified atom stereocenters. The molecule has 2 heterocycles. The number of nitrogens with one attached hydrogen (secondary N) is 2. The number of hydrogen-bond donors (Lipinski definition) is 2. The van der Waals surface area contributed by atoms with Crippen molar-refractivity contribution in [1.82, 2.24) is 25.7 Å². The fraction of sp³-hybridized carbons (Fsp3) is 0.412. The first-order valence-corrected chi connectivity index (χ1v) is 9.04. The van der Waals surface area contributed by atoms with Crippen LogP contribution in [0.1, 0.15) is 35.7 Å². The van der Waals surface area contributed by atoms with E-state index in [4.69, 9.17) is 0 Å². The number of thiazole rings is 1. The van der Waals surface area contributed by atoms with Gasteiger partial charge < -0.3 is 5.32 Å². The second kappa shape index (κ2) is 6.32. The Morgan fingerprint density at radius 2 is 2.21 bits per heavy atom. The molecule has 0 radical (unpaired) electrons. The summed E-state index contributed by atoms with van der Waals surface area (Å²) in [5.74, 6) is 0.305. The summed E-state index contributed by atoms with van der Waals surface area (Å²) in [7, 11) is 0. The smallest absolute Gasteiger partial charge is 0.223 e. The van der Waals surface area contributed by atoms with Crippen molar-refractivity contribution in [3.63, 3.8) is 0 Å². The van der Waals surface area contributed by atoms with Crippen LogP contribution in [-0.2, 0) is 17.6 Å². The van der Waals surface area contributed by atoms with E-state index < -0.39 is 0 Å². The monoisotopic (exact) mass is 341 g/mol. The van der Waals surface area contributed by atoms with Gasteiger partial charge >= 0.3 is 0 Å². The van der Waals surface area contributed by atoms with E-state index in [-0.39, 0.29) is 17.7 Å². The van der Waals surface area contributed by atoms with Gasteiger partial charge in [-0.05, 0) is 25.0 Å². The van der Waals surface area contributed by atoms with Gasteiger partial charge in [0, 0.05) is 24.8 Å². The Hall–Kier alpha value is -2.28. The first kappa shape index (κ1) is 15.3. The molecular formula is C17H19N5OS. The summed E-state index contributed by atoms with van der Waals surface area (Å²) in [6.07, 6.45) is 2.32. The number of aromatic amines is 1. The number of H-pyrrole nitrogens is 1. The molecule has 0 saturated carbocycles. The summed E-state index contributed by atoms with van der Waals surface area (Å²) >= 11 is 1.70. The Bertz CT molecular complexity index is 838. The van der Waals surface area contributed by atoms with Gasteiger partial charge in [-0.1, -0.05) is 19.1 Å². The molecule has 6 nitrogen and oxygen atoms in total. The maximum atomic E-state index is 12.5. The molecule has 0 bridgehead atoms. The van der Waals surface area contributed by atoms with Gasteiger partial charge in [-0.25, -0.2) is 4.98 Å². The predicted octanol–water partition coefficient (Wildman–Crippen LogP) is 2.44. The summed E-state index contributed by atoms with van der Waals surface area (Å²) < 4.78 is 1.19. The van der Waals surface area contributed by atoms with Crippen LogP contribution in [0, 0.1) is 5.92 Å². The predicted molar refractivity (Wildman–Crippen MR) is 92.9 cm³/mol. The summed E-state index contributed by atoms with van der Waals surface area (Å²) in [5.41, 5.74) is 2.96.